The zero-order valence-electron chi connectivity index (χ0n) is 17.7. The van der Waals surface area contributed by atoms with Gasteiger partial charge in [-0.3, -0.25) is 9.47 Å². The molecule has 1 saturated heterocycles. The van der Waals surface area contributed by atoms with Crippen LogP contribution in [0.3, 0.4) is 0 Å². The van der Waals surface area contributed by atoms with E-state index in [0.717, 1.165) is 30.8 Å². The number of halogens is 2. The Morgan fingerprint density at radius 2 is 1.84 bits per heavy atom. The summed E-state index contributed by atoms with van der Waals surface area (Å²) in [5.74, 6) is -1.40. The predicted octanol–water partition coefficient (Wildman–Crippen LogP) is 2.37. The van der Waals surface area contributed by atoms with Gasteiger partial charge in [0.15, 0.2) is 5.65 Å². The number of nitrogens with zero attached hydrogens (tertiary/aromatic N) is 6. The first-order chi connectivity index (χ1) is 15.4. The van der Waals surface area contributed by atoms with Crippen molar-refractivity contribution in [2.45, 2.75) is 39.1 Å². The summed E-state index contributed by atoms with van der Waals surface area (Å²) < 4.78 is 35.9. The summed E-state index contributed by atoms with van der Waals surface area (Å²) in [6.07, 6.45) is 3.31. The molecule has 1 aliphatic rings. The van der Waals surface area contributed by atoms with E-state index < -0.39 is 17.3 Å². The van der Waals surface area contributed by atoms with Gasteiger partial charge in [0.2, 0.25) is 0 Å². The Morgan fingerprint density at radius 3 is 2.59 bits per heavy atom. The van der Waals surface area contributed by atoms with Gasteiger partial charge in [0, 0.05) is 37.5 Å². The molecule has 0 aliphatic carbocycles. The maximum atomic E-state index is 14.3. The first kappa shape index (κ1) is 20.7. The molecular weight excluding hydrogens is 418 g/mol. The van der Waals surface area contributed by atoms with Crippen molar-refractivity contribution in [3.63, 3.8) is 0 Å². The summed E-state index contributed by atoms with van der Waals surface area (Å²) >= 11 is 0. The van der Waals surface area contributed by atoms with Gasteiger partial charge in [-0.25, -0.2) is 23.5 Å². The number of ether oxygens (including phenoxy) is 1. The summed E-state index contributed by atoms with van der Waals surface area (Å²) in [5.41, 5.74) is 1.40. The zero-order chi connectivity index (χ0) is 22.4. The Bertz CT molecular complexity index is 1360. The molecule has 0 spiro atoms. The average Bonchev–Trinajstić information content (AvgIpc) is 3.22. The number of fused-ring (bicyclic) bond motifs is 3. The number of hydrogen-bond donors (Lipinski definition) is 0. The summed E-state index contributed by atoms with van der Waals surface area (Å²) in [5, 5.41) is 4.67. The summed E-state index contributed by atoms with van der Waals surface area (Å²) in [6.45, 7) is 6.29. The number of rotatable bonds is 4. The molecule has 0 radical (unpaired) electrons. The van der Waals surface area contributed by atoms with E-state index in [-0.39, 0.29) is 24.3 Å². The van der Waals surface area contributed by atoms with Crippen LogP contribution in [0, 0.1) is 11.6 Å². The first-order valence-corrected chi connectivity index (χ1v) is 10.4. The van der Waals surface area contributed by atoms with Gasteiger partial charge in [0.1, 0.15) is 23.6 Å². The molecular formula is C22H22F2N6O2. The maximum Gasteiger partial charge on any atom is 0.352 e. The monoisotopic (exact) mass is 440 g/mol. The standard InChI is InChI=1S/C22H22F2N6O2/c1-13-8-28(9-14(2)32-13)10-15-5-18-20(25-7-15)29(22(31)30-21(18)26-12-27-30)11-16-3-4-17(23)6-19(16)24/h3-7,12-14H,8-11H2,1-2H3/t13-,14+. The van der Waals surface area contributed by atoms with Crippen molar-refractivity contribution in [2.75, 3.05) is 13.1 Å². The van der Waals surface area contributed by atoms with Crippen LogP contribution in [0.2, 0.25) is 0 Å². The third-order valence-corrected chi connectivity index (χ3v) is 5.62. The second-order valence-corrected chi connectivity index (χ2v) is 8.27. The highest BCUT2D eigenvalue weighted by atomic mass is 19.1. The van der Waals surface area contributed by atoms with Crippen molar-refractivity contribution in [1.29, 1.82) is 0 Å². The van der Waals surface area contributed by atoms with Crippen LogP contribution >= 0.6 is 0 Å². The zero-order valence-corrected chi connectivity index (χ0v) is 17.7. The quantitative estimate of drug-likeness (QED) is 0.485. The van der Waals surface area contributed by atoms with E-state index in [2.05, 4.69) is 20.0 Å². The lowest BCUT2D eigenvalue weighted by atomic mass is 10.1. The number of hydrogen-bond acceptors (Lipinski definition) is 6. The second kappa shape index (κ2) is 8.03. The van der Waals surface area contributed by atoms with Gasteiger partial charge in [-0.2, -0.15) is 9.61 Å². The SMILES string of the molecule is C[C@@H]1CN(Cc2cnc3c(c2)c2ncnn2c(=O)n3Cc2ccc(F)cc2F)C[C@H](C)O1. The molecule has 1 aliphatic heterocycles. The molecule has 1 aromatic carbocycles. The Morgan fingerprint density at radius 1 is 1.06 bits per heavy atom. The van der Waals surface area contributed by atoms with Crippen molar-refractivity contribution in [3.05, 3.63) is 70.0 Å². The Balaban J connectivity index is 1.58. The van der Waals surface area contributed by atoms with Gasteiger partial charge < -0.3 is 4.74 Å². The maximum absolute atomic E-state index is 14.3. The van der Waals surface area contributed by atoms with Crippen LogP contribution in [-0.2, 0) is 17.8 Å². The largest absolute Gasteiger partial charge is 0.373 e. The fraction of sp³-hybridized carbons (Fsp3) is 0.364. The molecule has 5 rings (SSSR count). The van der Waals surface area contributed by atoms with E-state index in [9.17, 15) is 13.6 Å². The molecule has 4 aromatic rings. The summed E-state index contributed by atoms with van der Waals surface area (Å²) in [4.78, 5) is 24.1. The second-order valence-electron chi connectivity index (χ2n) is 8.27. The fourth-order valence-corrected chi connectivity index (χ4v) is 4.37. The molecule has 4 heterocycles. The minimum absolute atomic E-state index is 0.109. The van der Waals surface area contributed by atoms with Crippen LogP contribution in [-0.4, -0.2) is 54.3 Å². The number of aromatic nitrogens is 5. The van der Waals surface area contributed by atoms with Crippen LogP contribution in [0.25, 0.3) is 16.7 Å². The fourth-order valence-electron chi connectivity index (χ4n) is 4.37. The molecule has 8 nitrogen and oxygen atoms in total. The molecule has 166 valence electrons. The van der Waals surface area contributed by atoms with Crippen LogP contribution < -0.4 is 5.69 Å². The summed E-state index contributed by atoms with van der Waals surface area (Å²) in [7, 11) is 0. The van der Waals surface area contributed by atoms with E-state index in [1.165, 1.54) is 21.5 Å². The van der Waals surface area contributed by atoms with E-state index in [0.29, 0.717) is 23.2 Å². The Hall–Kier alpha value is -3.24. The van der Waals surface area contributed by atoms with E-state index in [1.807, 2.05) is 19.9 Å². The lowest BCUT2D eigenvalue weighted by Gasteiger charge is -2.35. The minimum Gasteiger partial charge on any atom is -0.373 e. The van der Waals surface area contributed by atoms with Crippen molar-refractivity contribution < 1.29 is 13.5 Å². The minimum atomic E-state index is -0.726. The van der Waals surface area contributed by atoms with E-state index in [1.54, 1.807) is 6.20 Å². The lowest BCUT2D eigenvalue weighted by Crippen LogP contribution is -2.44. The molecule has 1 fully saturated rings. The van der Waals surface area contributed by atoms with Crippen molar-refractivity contribution in [1.82, 2.24) is 29.0 Å². The van der Waals surface area contributed by atoms with Crippen LogP contribution in [0.1, 0.15) is 25.0 Å². The van der Waals surface area contributed by atoms with Gasteiger partial charge in [-0.1, -0.05) is 6.07 Å². The number of benzene rings is 1. The van der Waals surface area contributed by atoms with Crippen LogP contribution in [0.4, 0.5) is 8.78 Å². The van der Waals surface area contributed by atoms with Gasteiger partial charge in [0.05, 0.1) is 24.1 Å². The van der Waals surface area contributed by atoms with Crippen molar-refractivity contribution in [2.24, 2.45) is 0 Å². The Labute approximate surface area is 182 Å². The highest BCUT2D eigenvalue weighted by Gasteiger charge is 2.23. The third-order valence-electron chi connectivity index (χ3n) is 5.62. The highest BCUT2D eigenvalue weighted by Crippen LogP contribution is 2.21. The highest BCUT2D eigenvalue weighted by molar-refractivity contribution is 5.89. The lowest BCUT2D eigenvalue weighted by molar-refractivity contribution is -0.0705. The molecule has 32 heavy (non-hydrogen) atoms. The molecule has 3 aromatic heterocycles. The molecule has 0 amide bonds. The van der Waals surface area contributed by atoms with Crippen LogP contribution in [0.5, 0.6) is 0 Å². The first-order valence-electron chi connectivity index (χ1n) is 10.4. The number of morpholine rings is 1. The molecule has 0 bridgehead atoms. The van der Waals surface area contributed by atoms with E-state index in [4.69, 9.17) is 4.74 Å². The summed E-state index contributed by atoms with van der Waals surface area (Å²) in [6, 6.07) is 5.22. The predicted molar refractivity (Wildman–Crippen MR) is 113 cm³/mol. The third kappa shape index (κ3) is 3.76. The Kier molecular flexibility index (Phi) is 5.18. The van der Waals surface area contributed by atoms with Crippen LogP contribution in [0.15, 0.2) is 41.6 Å². The average molecular weight is 440 g/mol. The van der Waals surface area contributed by atoms with E-state index >= 15 is 0 Å². The smallest absolute Gasteiger partial charge is 0.352 e. The molecule has 10 heteroatoms. The molecule has 0 N–H and O–H groups in total. The molecule has 2 atom stereocenters. The topological polar surface area (TPSA) is 77.6 Å². The van der Waals surface area contributed by atoms with Gasteiger partial charge in [0.25, 0.3) is 0 Å². The van der Waals surface area contributed by atoms with Gasteiger partial charge in [-0.05, 0) is 31.5 Å². The normalized spacial score (nSPS) is 19.8. The van der Waals surface area contributed by atoms with Gasteiger partial charge >= 0.3 is 5.69 Å². The van der Waals surface area contributed by atoms with Crippen molar-refractivity contribution >= 4 is 16.7 Å². The molecule has 0 unspecified atom stereocenters. The molecule has 0 saturated carbocycles. The van der Waals surface area contributed by atoms with Gasteiger partial charge in [-0.15, -0.1) is 0 Å². The number of pyridine rings is 1. The van der Waals surface area contributed by atoms with Crippen molar-refractivity contribution in [3.8, 4) is 0 Å².